The maximum atomic E-state index is 13.2. The van der Waals surface area contributed by atoms with Gasteiger partial charge in [0.1, 0.15) is 23.9 Å². The van der Waals surface area contributed by atoms with Crippen LogP contribution >= 0.6 is 0 Å². The third kappa shape index (κ3) is 4.48. The number of carbonyl (C=O) groups excluding carboxylic acids is 1. The molecule has 1 amide bonds. The number of hydrogen-bond acceptors (Lipinski definition) is 3. The Labute approximate surface area is 160 Å². The van der Waals surface area contributed by atoms with Crippen LogP contribution in [-0.4, -0.2) is 30.1 Å². The molecule has 1 aliphatic heterocycles. The molecule has 1 atom stereocenters. The predicted octanol–water partition coefficient (Wildman–Crippen LogP) is 5.05. The van der Waals surface area contributed by atoms with Crippen molar-refractivity contribution in [2.24, 2.45) is 11.3 Å². The summed E-state index contributed by atoms with van der Waals surface area (Å²) in [5, 5.41) is 0. The van der Waals surface area contributed by atoms with Crippen LogP contribution in [0.4, 0.5) is 17.6 Å². The van der Waals surface area contributed by atoms with Crippen molar-refractivity contribution in [1.82, 2.24) is 4.90 Å². The highest BCUT2D eigenvalue weighted by Gasteiger charge is 2.51. The van der Waals surface area contributed by atoms with Gasteiger partial charge in [-0.15, -0.1) is 0 Å². The third-order valence-corrected chi connectivity index (χ3v) is 4.98. The molecule has 1 fully saturated rings. The van der Waals surface area contributed by atoms with Gasteiger partial charge in [-0.2, -0.15) is 13.2 Å². The molecule has 1 saturated heterocycles. The molecular formula is C20H21F4NO3. The van der Waals surface area contributed by atoms with E-state index in [0.717, 1.165) is 0 Å². The van der Waals surface area contributed by atoms with E-state index in [1.54, 1.807) is 6.07 Å². The van der Waals surface area contributed by atoms with E-state index in [2.05, 4.69) is 0 Å². The van der Waals surface area contributed by atoms with Gasteiger partial charge in [0.2, 0.25) is 0 Å². The Morgan fingerprint density at radius 3 is 2.50 bits per heavy atom. The summed E-state index contributed by atoms with van der Waals surface area (Å²) in [4.78, 5) is 14.0. The van der Waals surface area contributed by atoms with Crippen molar-refractivity contribution in [2.45, 2.75) is 33.1 Å². The summed E-state index contributed by atoms with van der Waals surface area (Å²) >= 11 is 0. The number of amides is 1. The number of carbonyl (C=O) groups is 1. The van der Waals surface area contributed by atoms with Gasteiger partial charge in [-0.25, -0.2) is 4.39 Å². The molecule has 2 heterocycles. The van der Waals surface area contributed by atoms with Crippen LogP contribution in [-0.2, 0) is 6.61 Å². The average Bonchev–Trinajstić information content (AvgIpc) is 3.07. The lowest BCUT2D eigenvalue weighted by Crippen LogP contribution is -2.52. The van der Waals surface area contributed by atoms with Gasteiger partial charge >= 0.3 is 6.18 Å². The molecule has 0 N–H and O–H groups in total. The maximum absolute atomic E-state index is 13.2. The first kappa shape index (κ1) is 20.2. The molecule has 2 aromatic rings. The van der Waals surface area contributed by atoms with E-state index in [0.29, 0.717) is 11.5 Å². The second kappa shape index (κ2) is 7.48. The van der Waals surface area contributed by atoms with Gasteiger partial charge in [0.25, 0.3) is 5.91 Å². The molecule has 4 nitrogen and oxygen atoms in total. The first-order valence-corrected chi connectivity index (χ1v) is 8.89. The van der Waals surface area contributed by atoms with Gasteiger partial charge in [0.15, 0.2) is 5.76 Å². The lowest BCUT2D eigenvalue weighted by atomic mass is 9.73. The zero-order chi connectivity index (χ0) is 20.5. The van der Waals surface area contributed by atoms with Gasteiger partial charge in [0.05, 0.1) is 5.92 Å². The number of halogens is 4. The van der Waals surface area contributed by atoms with Gasteiger partial charge in [0, 0.05) is 13.1 Å². The summed E-state index contributed by atoms with van der Waals surface area (Å²) in [5.74, 6) is -1.38. The van der Waals surface area contributed by atoms with Crippen LogP contribution in [0.25, 0.3) is 0 Å². The SMILES string of the molecule is CC1(C)CN(C(=O)c2ccc(COc3ccc(F)cc3)o2)CCC1C(F)(F)F. The van der Waals surface area contributed by atoms with Crippen molar-refractivity contribution < 1.29 is 31.5 Å². The molecule has 1 aliphatic rings. The minimum Gasteiger partial charge on any atom is -0.486 e. The number of hydrogen-bond donors (Lipinski definition) is 0. The van der Waals surface area contributed by atoms with E-state index in [-0.39, 0.29) is 37.7 Å². The number of alkyl halides is 3. The first-order chi connectivity index (χ1) is 13.1. The molecular weight excluding hydrogens is 378 g/mol. The van der Waals surface area contributed by atoms with Crippen LogP contribution in [0, 0.1) is 17.2 Å². The molecule has 0 radical (unpaired) electrons. The molecule has 8 heteroatoms. The summed E-state index contributed by atoms with van der Waals surface area (Å²) in [7, 11) is 0. The molecule has 152 valence electrons. The van der Waals surface area contributed by atoms with Gasteiger partial charge < -0.3 is 14.1 Å². The Morgan fingerprint density at radius 2 is 1.89 bits per heavy atom. The summed E-state index contributed by atoms with van der Waals surface area (Å²) in [6.45, 7) is 3.11. The largest absolute Gasteiger partial charge is 0.486 e. The third-order valence-electron chi connectivity index (χ3n) is 4.98. The van der Waals surface area contributed by atoms with E-state index in [4.69, 9.17) is 9.15 Å². The number of piperidine rings is 1. The zero-order valence-corrected chi connectivity index (χ0v) is 15.6. The van der Waals surface area contributed by atoms with Crippen molar-refractivity contribution in [3.63, 3.8) is 0 Å². The monoisotopic (exact) mass is 399 g/mol. The molecule has 1 unspecified atom stereocenters. The van der Waals surface area contributed by atoms with Crippen LogP contribution in [0.5, 0.6) is 5.75 Å². The fraction of sp³-hybridized carbons (Fsp3) is 0.450. The van der Waals surface area contributed by atoms with E-state index >= 15 is 0 Å². The Hall–Kier alpha value is -2.51. The summed E-state index contributed by atoms with van der Waals surface area (Å²) in [5.41, 5.74) is -1.08. The maximum Gasteiger partial charge on any atom is 0.392 e. The molecule has 28 heavy (non-hydrogen) atoms. The minimum absolute atomic E-state index is 0.00186. The Balaban J connectivity index is 1.62. The summed E-state index contributed by atoms with van der Waals surface area (Å²) in [6, 6.07) is 8.52. The zero-order valence-electron chi connectivity index (χ0n) is 15.6. The highest BCUT2D eigenvalue weighted by Crippen LogP contribution is 2.45. The van der Waals surface area contributed by atoms with Gasteiger partial charge in [-0.3, -0.25) is 4.79 Å². The number of likely N-dealkylation sites (tertiary alicyclic amines) is 1. The molecule has 0 bridgehead atoms. The number of ether oxygens (including phenoxy) is 1. The van der Waals surface area contributed by atoms with Crippen LogP contribution in [0.2, 0.25) is 0 Å². The van der Waals surface area contributed by atoms with E-state index in [1.165, 1.54) is 49.1 Å². The lowest BCUT2D eigenvalue weighted by Gasteiger charge is -2.44. The Morgan fingerprint density at radius 1 is 1.21 bits per heavy atom. The van der Waals surface area contributed by atoms with Crippen LogP contribution in [0.1, 0.15) is 36.6 Å². The number of nitrogens with zero attached hydrogens (tertiary/aromatic N) is 1. The average molecular weight is 399 g/mol. The second-order valence-corrected chi connectivity index (χ2v) is 7.61. The Bertz CT molecular complexity index is 827. The van der Waals surface area contributed by atoms with Gasteiger partial charge in [-0.05, 0) is 48.2 Å². The Kier molecular flexibility index (Phi) is 5.41. The first-order valence-electron chi connectivity index (χ1n) is 8.89. The number of furan rings is 1. The van der Waals surface area contributed by atoms with Crippen molar-refractivity contribution in [1.29, 1.82) is 0 Å². The smallest absolute Gasteiger partial charge is 0.392 e. The summed E-state index contributed by atoms with van der Waals surface area (Å²) < 4.78 is 63.4. The molecule has 0 spiro atoms. The molecule has 1 aromatic carbocycles. The van der Waals surface area contributed by atoms with E-state index in [9.17, 15) is 22.4 Å². The fourth-order valence-electron chi connectivity index (χ4n) is 3.55. The standard InChI is InChI=1S/C20H21F4NO3/c1-19(2)12-25(10-9-17(19)20(22,23)24)18(26)16-8-7-15(28-16)11-27-14-5-3-13(21)4-6-14/h3-8,17H,9-12H2,1-2H3. The quantitative estimate of drug-likeness (QED) is 0.676. The number of benzene rings is 1. The second-order valence-electron chi connectivity index (χ2n) is 7.61. The predicted molar refractivity (Wildman–Crippen MR) is 93.3 cm³/mol. The molecule has 1 aromatic heterocycles. The van der Waals surface area contributed by atoms with Gasteiger partial charge in [-0.1, -0.05) is 13.8 Å². The van der Waals surface area contributed by atoms with Crippen molar-refractivity contribution in [2.75, 3.05) is 13.1 Å². The van der Waals surface area contributed by atoms with Crippen molar-refractivity contribution >= 4 is 5.91 Å². The lowest BCUT2D eigenvalue weighted by molar-refractivity contribution is -0.214. The highest BCUT2D eigenvalue weighted by atomic mass is 19.4. The molecule has 0 aliphatic carbocycles. The number of rotatable bonds is 4. The van der Waals surface area contributed by atoms with Crippen LogP contribution in [0.3, 0.4) is 0 Å². The van der Waals surface area contributed by atoms with Crippen molar-refractivity contribution in [3.05, 3.63) is 53.7 Å². The topological polar surface area (TPSA) is 42.7 Å². The highest BCUT2D eigenvalue weighted by molar-refractivity contribution is 5.91. The van der Waals surface area contributed by atoms with Crippen LogP contribution < -0.4 is 4.74 Å². The normalized spacial score (nSPS) is 19.5. The molecule has 0 saturated carbocycles. The van der Waals surface area contributed by atoms with Crippen LogP contribution in [0.15, 0.2) is 40.8 Å². The van der Waals surface area contributed by atoms with E-state index < -0.39 is 23.4 Å². The van der Waals surface area contributed by atoms with Crippen molar-refractivity contribution in [3.8, 4) is 5.75 Å². The molecule has 3 rings (SSSR count). The fourth-order valence-corrected chi connectivity index (χ4v) is 3.55. The minimum atomic E-state index is -4.28. The summed E-state index contributed by atoms with van der Waals surface area (Å²) in [6.07, 6.45) is -4.42. The van der Waals surface area contributed by atoms with E-state index in [1.807, 2.05) is 0 Å².